The van der Waals surface area contributed by atoms with Crippen LogP contribution in [0.5, 0.6) is 0 Å². The summed E-state index contributed by atoms with van der Waals surface area (Å²) in [6, 6.07) is 0.512. The van der Waals surface area contributed by atoms with Gasteiger partial charge in [0.15, 0.2) is 0 Å². The van der Waals surface area contributed by atoms with Crippen molar-refractivity contribution >= 4 is 15.9 Å². The van der Waals surface area contributed by atoms with Gasteiger partial charge in [-0.1, -0.05) is 6.92 Å². The molecule has 0 aliphatic carbocycles. The average Bonchev–Trinajstić information content (AvgIpc) is 3.09. The molecule has 20 heavy (non-hydrogen) atoms. The number of aromatic amines is 1. The maximum Gasteiger partial charge on any atom is 0.150 e. The molecule has 0 spiro atoms. The number of hydrogen-bond acceptors (Lipinski definition) is 4. The van der Waals surface area contributed by atoms with Crippen LogP contribution in [0.3, 0.4) is 0 Å². The number of piperidine rings is 1. The molecule has 2 aromatic rings. The van der Waals surface area contributed by atoms with Crippen LogP contribution in [0.1, 0.15) is 37.5 Å². The van der Waals surface area contributed by atoms with Crippen LogP contribution in [0.15, 0.2) is 16.9 Å². The number of halogens is 1. The van der Waals surface area contributed by atoms with Crippen LogP contribution in [0.25, 0.3) is 0 Å². The summed E-state index contributed by atoms with van der Waals surface area (Å²) < 4.78 is 3.12. The third-order valence-electron chi connectivity index (χ3n) is 3.77. The van der Waals surface area contributed by atoms with E-state index in [1.807, 2.05) is 6.20 Å². The molecule has 1 saturated heterocycles. The Balaban J connectivity index is 1.53. The van der Waals surface area contributed by atoms with Crippen molar-refractivity contribution in [3.63, 3.8) is 0 Å². The lowest BCUT2D eigenvalue weighted by molar-refractivity contribution is 0.170. The van der Waals surface area contributed by atoms with Gasteiger partial charge in [0.1, 0.15) is 11.6 Å². The van der Waals surface area contributed by atoms with Crippen molar-refractivity contribution in [3.05, 3.63) is 28.5 Å². The van der Waals surface area contributed by atoms with E-state index >= 15 is 0 Å². The molecule has 3 rings (SSSR count). The number of likely N-dealkylation sites (tertiary alicyclic amines) is 1. The summed E-state index contributed by atoms with van der Waals surface area (Å²) in [5, 5.41) is 11.6. The first kappa shape index (κ1) is 13.8. The third kappa shape index (κ3) is 3.09. The summed E-state index contributed by atoms with van der Waals surface area (Å²) in [4.78, 5) is 6.90. The van der Waals surface area contributed by atoms with Gasteiger partial charge in [0.25, 0.3) is 0 Å². The highest BCUT2D eigenvalue weighted by molar-refractivity contribution is 9.10. The van der Waals surface area contributed by atoms with Gasteiger partial charge in [-0.3, -0.25) is 14.7 Å². The van der Waals surface area contributed by atoms with Crippen molar-refractivity contribution in [2.24, 2.45) is 0 Å². The van der Waals surface area contributed by atoms with Crippen molar-refractivity contribution in [2.75, 3.05) is 13.1 Å². The van der Waals surface area contributed by atoms with Crippen LogP contribution < -0.4 is 0 Å². The highest BCUT2D eigenvalue weighted by Gasteiger charge is 2.21. The molecule has 108 valence electrons. The number of hydrogen-bond donors (Lipinski definition) is 1. The molecule has 0 saturated carbocycles. The molecule has 0 bridgehead atoms. The maximum atomic E-state index is 4.47. The van der Waals surface area contributed by atoms with Gasteiger partial charge in [0, 0.05) is 25.7 Å². The Hall–Kier alpha value is -1.21. The molecule has 3 heterocycles. The Bertz CT molecular complexity index is 555. The summed E-state index contributed by atoms with van der Waals surface area (Å²) >= 11 is 3.45. The van der Waals surface area contributed by atoms with Crippen molar-refractivity contribution in [2.45, 2.75) is 38.8 Å². The average molecular weight is 339 g/mol. The molecule has 0 aromatic carbocycles. The largest absolute Gasteiger partial charge is 0.296 e. The number of aromatic nitrogens is 5. The van der Waals surface area contributed by atoms with Crippen LogP contribution >= 0.6 is 15.9 Å². The SMILES string of the molecule is CCc1n[nH]c(CN2CCC(n3cc(Br)cn3)CC2)n1. The highest BCUT2D eigenvalue weighted by Crippen LogP contribution is 2.23. The lowest BCUT2D eigenvalue weighted by Gasteiger charge is -2.31. The van der Waals surface area contributed by atoms with Crippen LogP contribution in [0, 0.1) is 0 Å². The van der Waals surface area contributed by atoms with E-state index in [4.69, 9.17) is 0 Å². The molecule has 1 N–H and O–H groups in total. The molecule has 0 amide bonds. The first-order valence-corrected chi connectivity index (χ1v) is 7.86. The molecular formula is C13H19BrN6. The van der Waals surface area contributed by atoms with E-state index in [2.05, 4.69) is 58.9 Å². The minimum atomic E-state index is 0.512. The number of nitrogens with zero attached hydrogens (tertiary/aromatic N) is 5. The minimum Gasteiger partial charge on any atom is -0.296 e. The Labute approximate surface area is 126 Å². The topological polar surface area (TPSA) is 62.6 Å². The predicted octanol–water partition coefficient (Wildman–Crippen LogP) is 2.16. The quantitative estimate of drug-likeness (QED) is 0.927. The molecular weight excluding hydrogens is 320 g/mol. The summed E-state index contributed by atoms with van der Waals surface area (Å²) in [6.45, 7) is 5.08. The van der Waals surface area contributed by atoms with E-state index in [-0.39, 0.29) is 0 Å². The lowest BCUT2D eigenvalue weighted by Crippen LogP contribution is -2.34. The number of H-pyrrole nitrogens is 1. The molecule has 0 radical (unpaired) electrons. The van der Waals surface area contributed by atoms with Gasteiger partial charge in [-0.15, -0.1) is 0 Å². The van der Waals surface area contributed by atoms with Gasteiger partial charge in [0.05, 0.1) is 23.3 Å². The van der Waals surface area contributed by atoms with Gasteiger partial charge in [0.2, 0.25) is 0 Å². The molecule has 2 aromatic heterocycles. The smallest absolute Gasteiger partial charge is 0.150 e. The third-order valence-corrected chi connectivity index (χ3v) is 4.18. The van der Waals surface area contributed by atoms with Gasteiger partial charge >= 0.3 is 0 Å². The normalized spacial score (nSPS) is 17.7. The van der Waals surface area contributed by atoms with Crippen molar-refractivity contribution in [1.29, 1.82) is 0 Å². The second-order valence-corrected chi connectivity index (χ2v) is 6.11. The molecule has 7 heteroatoms. The molecule has 0 atom stereocenters. The zero-order valence-electron chi connectivity index (χ0n) is 11.6. The van der Waals surface area contributed by atoms with Crippen LogP contribution in [-0.4, -0.2) is 43.0 Å². The Morgan fingerprint density at radius 2 is 2.20 bits per heavy atom. The molecule has 0 unspecified atom stereocenters. The zero-order chi connectivity index (χ0) is 13.9. The van der Waals surface area contributed by atoms with Crippen LogP contribution in [0.2, 0.25) is 0 Å². The second-order valence-electron chi connectivity index (χ2n) is 5.20. The molecule has 1 fully saturated rings. The fraction of sp³-hybridized carbons (Fsp3) is 0.615. The van der Waals surface area contributed by atoms with Crippen LogP contribution in [0.4, 0.5) is 0 Å². The van der Waals surface area contributed by atoms with E-state index in [1.54, 1.807) is 0 Å². The maximum absolute atomic E-state index is 4.47. The van der Waals surface area contributed by atoms with E-state index in [0.717, 1.165) is 55.0 Å². The Morgan fingerprint density at radius 3 is 2.80 bits per heavy atom. The number of aryl methyl sites for hydroxylation is 1. The van der Waals surface area contributed by atoms with Gasteiger partial charge < -0.3 is 0 Å². The number of nitrogens with one attached hydrogen (secondary N) is 1. The minimum absolute atomic E-state index is 0.512. The standard InChI is InChI=1S/C13H19BrN6/c1-2-12-16-13(18-17-12)9-19-5-3-11(4-6-19)20-8-10(14)7-15-20/h7-8,11H,2-6,9H2,1H3,(H,16,17,18). The van der Waals surface area contributed by atoms with Gasteiger partial charge in [-0.2, -0.15) is 10.2 Å². The zero-order valence-corrected chi connectivity index (χ0v) is 13.2. The lowest BCUT2D eigenvalue weighted by atomic mass is 10.1. The predicted molar refractivity (Wildman–Crippen MR) is 79.2 cm³/mol. The number of rotatable bonds is 4. The van der Waals surface area contributed by atoms with E-state index < -0.39 is 0 Å². The van der Waals surface area contributed by atoms with Gasteiger partial charge in [-0.05, 0) is 28.8 Å². The molecule has 1 aliphatic rings. The summed E-state index contributed by atoms with van der Waals surface area (Å²) in [7, 11) is 0. The second kappa shape index (κ2) is 6.05. The first-order valence-electron chi connectivity index (χ1n) is 7.06. The Kier molecular flexibility index (Phi) is 4.16. The molecule has 1 aliphatic heterocycles. The van der Waals surface area contributed by atoms with E-state index in [1.165, 1.54) is 0 Å². The van der Waals surface area contributed by atoms with Gasteiger partial charge in [-0.25, -0.2) is 4.98 Å². The van der Waals surface area contributed by atoms with Crippen LogP contribution in [-0.2, 0) is 13.0 Å². The highest BCUT2D eigenvalue weighted by atomic mass is 79.9. The van der Waals surface area contributed by atoms with E-state index in [0.29, 0.717) is 6.04 Å². The van der Waals surface area contributed by atoms with Crippen molar-refractivity contribution in [1.82, 2.24) is 29.9 Å². The van der Waals surface area contributed by atoms with E-state index in [9.17, 15) is 0 Å². The monoisotopic (exact) mass is 338 g/mol. The fourth-order valence-corrected chi connectivity index (χ4v) is 2.93. The van der Waals surface area contributed by atoms with Crippen molar-refractivity contribution < 1.29 is 0 Å². The Morgan fingerprint density at radius 1 is 1.40 bits per heavy atom. The summed E-state index contributed by atoms with van der Waals surface area (Å²) in [6.07, 6.45) is 7.05. The summed E-state index contributed by atoms with van der Waals surface area (Å²) in [5.74, 6) is 1.87. The first-order chi connectivity index (χ1) is 9.74. The fourth-order valence-electron chi connectivity index (χ4n) is 2.63. The van der Waals surface area contributed by atoms with Crippen molar-refractivity contribution in [3.8, 4) is 0 Å². The summed E-state index contributed by atoms with van der Waals surface area (Å²) in [5.41, 5.74) is 0. The molecule has 6 nitrogen and oxygen atoms in total.